The van der Waals surface area contributed by atoms with Crippen molar-refractivity contribution < 1.29 is 14.9 Å². The van der Waals surface area contributed by atoms with E-state index in [4.69, 9.17) is 15.7 Å². The Morgan fingerprint density at radius 3 is 2.85 bits per heavy atom. The minimum atomic E-state index is -0.650. The Hall–Kier alpha value is -2.38. The second-order valence-electron chi connectivity index (χ2n) is 4.64. The summed E-state index contributed by atoms with van der Waals surface area (Å²) < 4.78 is 5.40. The molecule has 3 N–H and O–H groups in total. The van der Waals surface area contributed by atoms with E-state index in [0.29, 0.717) is 12.5 Å². The molecule has 8 heteroatoms. The van der Waals surface area contributed by atoms with Gasteiger partial charge in [-0.05, 0) is 18.8 Å². The Kier molecular flexibility index (Phi) is 5.70. The van der Waals surface area contributed by atoms with Gasteiger partial charge in [-0.1, -0.05) is 19.0 Å². The zero-order chi connectivity index (χ0) is 15.1. The normalized spacial score (nSPS) is 11.7. The van der Waals surface area contributed by atoms with Crippen LogP contribution in [0.15, 0.2) is 17.3 Å². The largest absolute Gasteiger partial charge is 0.478 e. The van der Waals surface area contributed by atoms with Gasteiger partial charge < -0.3 is 15.7 Å². The molecule has 110 valence electrons. The van der Waals surface area contributed by atoms with Gasteiger partial charge in [0.25, 0.3) is 5.69 Å². The highest BCUT2D eigenvalue weighted by molar-refractivity contribution is 5.98. The van der Waals surface area contributed by atoms with Crippen molar-refractivity contribution in [2.24, 2.45) is 16.8 Å². The highest BCUT2D eigenvalue weighted by Crippen LogP contribution is 2.20. The zero-order valence-electron chi connectivity index (χ0n) is 11.4. The van der Waals surface area contributed by atoms with E-state index in [-0.39, 0.29) is 17.3 Å². The summed E-state index contributed by atoms with van der Waals surface area (Å²) in [7, 11) is 0. The molecular weight excluding hydrogens is 264 g/mol. The van der Waals surface area contributed by atoms with Gasteiger partial charge in [0.1, 0.15) is 0 Å². The SMILES string of the molecule is CC(C)CCCOc1ccc([N+](=O)[O-])c(/C(N)=N/O)n1. The molecule has 0 saturated carbocycles. The monoisotopic (exact) mass is 282 g/mol. The quantitative estimate of drug-likeness (QED) is 0.196. The van der Waals surface area contributed by atoms with E-state index in [0.717, 1.165) is 12.8 Å². The molecule has 1 aromatic rings. The maximum Gasteiger partial charge on any atom is 0.299 e. The Morgan fingerprint density at radius 2 is 2.30 bits per heavy atom. The lowest BCUT2D eigenvalue weighted by atomic mass is 10.1. The van der Waals surface area contributed by atoms with Crippen molar-refractivity contribution in [3.8, 4) is 5.88 Å². The molecule has 0 aliphatic heterocycles. The van der Waals surface area contributed by atoms with Crippen molar-refractivity contribution in [2.75, 3.05) is 6.61 Å². The van der Waals surface area contributed by atoms with Crippen LogP contribution in [0.1, 0.15) is 32.4 Å². The van der Waals surface area contributed by atoms with E-state index < -0.39 is 10.8 Å². The molecular formula is C12H18N4O4. The Bertz CT molecular complexity index is 502. The van der Waals surface area contributed by atoms with Crippen LogP contribution in [0.5, 0.6) is 5.88 Å². The molecule has 1 heterocycles. The van der Waals surface area contributed by atoms with Crippen molar-refractivity contribution in [3.63, 3.8) is 0 Å². The molecule has 0 spiro atoms. The first kappa shape index (κ1) is 15.7. The van der Waals surface area contributed by atoms with Crippen LogP contribution in [0.3, 0.4) is 0 Å². The number of rotatable bonds is 7. The third-order valence-electron chi connectivity index (χ3n) is 2.57. The first-order valence-electron chi connectivity index (χ1n) is 6.21. The molecule has 1 rings (SSSR count). The molecule has 0 unspecified atom stereocenters. The Labute approximate surface area is 116 Å². The third-order valence-corrected chi connectivity index (χ3v) is 2.57. The van der Waals surface area contributed by atoms with Crippen LogP contribution in [0.25, 0.3) is 0 Å². The average Bonchev–Trinajstić information content (AvgIpc) is 2.42. The second-order valence-corrected chi connectivity index (χ2v) is 4.64. The fourth-order valence-electron chi connectivity index (χ4n) is 1.57. The van der Waals surface area contributed by atoms with Gasteiger partial charge >= 0.3 is 0 Å². The van der Waals surface area contributed by atoms with Crippen LogP contribution in [0.4, 0.5) is 5.69 Å². The van der Waals surface area contributed by atoms with Crippen molar-refractivity contribution >= 4 is 11.5 Å². The topological polar surface area (TPSA) is 124 Å². The van der Waals surface area contributed by atoms with E-state index in [2.05, 4.69) is 24.0 Å². The third kappa shape index (κ3) is 4.38. The van der Waals surface area contributed by atoms with Gasteiger partial charge in [0, 0.05) is 12.1 Å². The maximum absolute atomic E-state index is 10.8. The summed E-state index contributed by atoms with van der Waals surface area (Å²) in [6.45, 7) is 4.68. The van der Waals surface area contributed by atoms with Crippen molar-refractivity contribution in [3.05, 3.63) is 27.9 Å². The van der Waals surface area contributed by atoms with E-state index in [1.54, 1.807) is 0 Å². The number of nitro groups is 1. The second kappa shape index (κ2) is 7.27. The summed E-state index contributed by atoms with van der Waals surface area (Å²) in [5, 5.41) is 22.2. The predicted molar refractivity (Wildman–Crippen MR) is 73.0 cm³/mol. The van der Waals surface area contributed by atoms with Gasteiger partial charge in [-0.15, -0.1) is 0 Å². The van der Waals surface area contributed by atoms with Gasteiger partial charge in [-0.3, -0.25) is 10.1 Å². The number of hydrogen-bond donors (Lipinski definition) is 2. The summed E-state index contributed by atoms with van der Waals surface area (Å²) in [4.78, 5) is 14.1. The van der Waals surface area contributed by atoms with Crippen molar-refractivity contribution in [1.82, 2.24) is 4.98 Å². The molecule has 0 radical (unpaired) electrons. The summed E-state index contributed by atoms with van der Waals surface area (Å²) in [6.07, 6.45) is 1.87. The number of hydrogen-bond acceptors (Lipinski definition) is 6. The molecule has 0 fully saturated rings. The minimum absolute atomic E-state index is 0.209. The van der Waals surface area contributed by atoms with Crippen LogP contribution in [-0.2, 0) is 0 Å². The molecule has 0 aliphatic rings. The Morgan fingerprint density at radius 1 is 1.60 bits per heavy atom. The Balaban J connectivity index is 2.82. The lowest BCUT2D eigenvalue weighted by molar-refractivity contribution is -0.385. The number of pyridine rings is 1. The predicted octanol–water partition coefficient (Wildman–Crippen LogP) is 1.90. The fraction of sp³-hybridized carbons (Fsp3) is 0.500. The van der Waals surface area contributed by atoms with Gasteiger partial charge in [0.05, 0.1) is 11.5 Å². The molecule has 1 aromatic heterocycles. The van der Waals surface area contributed by atoms with Gasteiger partial charge in [0.2, 0.25) is 5.88 Å². The van der Waals surface area contributed by atoms with E-state index in [1.807, 2.05) is 0 Å². The van der Waals surface area contributed by atoms with E-state index in [9.17, 15) is 10.1 Å². The number of aromatic nitrogens is 1. The van der Waals surface area contributed by atoms with E-state index in [1.165, 1.54) is 12.1 Å². The van der Waals surface area contributed by atoms with E-state index >= 15 is 0 Å². The van der Waals surface area contributed by atoms with Crippen LogP contribution in [-0.4, -0.2) is 27.6 Å². The van der Waals surface area contributed by atoms with Crippen LogP contribution < -0.4 is 10.5 Å². The van der Waals surface area contributed by atoms with Crippen LogP contribution >= 0.6 is 0 Å². The molecule has 8 nitrogen and oxygen atoms in total. The molecule has 0 saturated heterocycles. The zero-order valence-corrected chi connectivity index (χ0v) is 11.4. The van der Waals surface area contributed by atoms with Gasteiger partial charge in [-0.2, -0.15) is 0 Å². The average molecular weight is 282 g/mol. The molecule has 0 amide bonds. The minimum Gasteiger partial charge on any atom is -0.478 e. The molecule has 0 aliphatic carbocycles. The molecule has 0 atom stereocenters. The number of nitrogens with zero attached hydrogens (tertiary/aromatic N) is 3. The highest BCUT2D eigenvalue weighted by Gasteiger charge is 2.20. The smallest absolute Gasteiger partial charge is 0.299 e. The summed E-state index contributed by atoms with van der Waals surface area (Å²) in [6, 6.07) is 2.61. The number of oxime groups is 1. The van der Waals surface area contributed by atoms with Crippen LogP contribution in [0.2, 0.25) is 0 Å². The van der Waals surface area contributed by atoms with Gasteiger partial charge in [-0.25, -0.2) is 4.98 Å². The highest BCUT2D eigenvalue weighted by atomic mass is 16.6. The first-order chi connectivity index (χ1) is 9.45. The van der Waals surface area contributed by atoms with Crippen LogP contribution in [0, 0.1) is 16.0 Å². The summed E-state index contributed by atoms with van der Waals surface area (Å²) >= 11 is 0. The first-order valence-corrected chi connectivity index (χ1v) is 6.21. The fourth-order valence-corrected chi connectivity index (χ4v) is 1.57. The lowest BCUT2D eigenvalue weighted by Gasteiger charge is -2.08. The van der Waals surface area contributed by atoms with Gasteiger partial charge in [0.15, 0.2) is 11.5 Å². The summed E-state index contributed by atoms with van der Waals surface area (Å²) in [5.74, 6) is 0.362. The number of amidine groups is 1. The molecule has 0 aromatic carbocycles. The maximum atomic E-state index is 10.8. The van der Waals surface area contributed by atoms with Crippen molar-refractivity contribution in [2.45, 2.75) is 26.7 Å². The number of ether oxygens (including phenoxy) is 1. The standard InChI is InChI=1S/C12H18N4O4/c1-8(2)4-3-7-20-10-6-5-9(16(18)19)11(14-10)12(13)15-17/h5-6,8,17H,3-4,7H2,1-2H3,(H2,13,15). The lowest BCUT2D eigenvalue weighted by Crippen LogP contribution is -2.17. The molecule has 20 heavy (non-hydrogen) atoms. The molecule has 0 bridgehead atoms. The number of nitrogens with two attached hydrogens (primary N) is 1. The summed E-state index contributed by atoms with van der Waals surface area (Å²) in [5.41, 5.74) is 4.83. The van der Waals surface area contributed by atoms with Crippen molar-refractivity contribution in [1.29, 1.82) is 0 Å².